The summed E-state index contributed by atoms with van der Waals surface area (Å²) in [6, 6.07) is 11.1. The second kappa shape index (κ2) is 8.06. The highest BCUT2D eigenvalue weighted by atomic mass is 32.2. The van der Waals surface area contributed by atoms with E-state index in [1.165, 1.54) is 30.3 Å². The molecule has 1 N–H and O–H groups in total. The molecule has 7 heteroatoms. The van der Waals surface area contributed by atoms with Crippen LogP contribution in [-0.4, -0.2) is 16.6 Å². The molecule has 0 aliphatic carbocycles. The van der Waals surface area contributed by atoms with Crippen LogP contribution in [0.1, 0.15) is 5.56 Å². The molecule has 0 atom stereocenters. The minimum atomic E-state index is -2.50. The highest BCUT2D eigenvalue weighted by molar-refractivity contribution is 7.99. The number of benzene rings is 1. The van der Waals surface area contributed by atoms with Crippen LogP contribution in [0.3, 0.4) is 0 Å². The lowest BCUT2D eigenvalue weighted by atomic mass is 10.1. The molecule has 0 aliphatic rings. The van der Waals surface area contributed by atoms with Crippen molar-refractivity contribution in [2.45, 2.75) is 10.7 Å². The summed E-state index contributed by atoms with van der Waals surface area (Å²) in [7, 11) is 0. The summed E-state index contributed by atoms with van der Waals surface area (Å²) in [4.78, 5) is 16.3. The highest BCUT2D eigenvalue weighted by Gasteiger charge is 2.10. The van der Waals surface area contributed by atoms with Crippen molar-refractivity contribution in [2.75, 3.05) is 5.32 Å². The Hall–Kier alpha value is -2.72. The third kappa shape index (κ3) is 5.20. The predicted octanol–water partition coefficient (Wildman–Crippen LogP) is 3.94. The summed E-state index contributed by atoms with van der Waals surface area (Å²) < 4.78 is 24.5. The largest absolute Gasteiger partial charge is 0.321 e. The molecule has 0 fully saturated rings. The molecule has 4 nitrogen and oxygen atoms in total. The third-order valence-electron chi connectivity index (χ3n) is 2.72. The van der Waals surface area contributed by atoms with Gasteiger partial charge in [-0.25, -0.2) is 0 Å². The first-order valence-corrected chi connectivity index (χ1v) is 7.34. The second-order valence-corrected chi connectivity index (χ2v) is 5.37. The summed E-state index contributed by atoms with van der Waals surface area (Å²) in [5.74, 6) is -3.07. The standard InChI is InChI=1S/C16H11F2N3OS/c17-16(18)23-14-3-1-13(2-4-14)21-15(22)12(10-19)9-11-5-7-20-8-6-11/h1-9,16H,(H,21,22)/b12-9+. The number of rotatable bonds is 5. The van der Waals surface area contributed by atoms with Crippen LogP contribution in [0.5, 0.6) is 0 Å². The Labute approximate surface area is 135 Å². The number of aromatic nitrogens is 1. The van der Waals surface area contributed by atoms with Gasteiger partial charge in [0.25, 0.3) is 11.7 Å². The zero-order valence-electron chi connectivity index (χ0n) is 11.7. The van der Waals surface area contributed by atoms with Gasteiger partial charge >= 0.3 is 0 Å². The first-order valence-electron chi connectivity index (χ1n) is 6.46. The van der Waals surface area contributed by atoms with E-state index in [0.29, 0.717) is 27.9 Å². The fourth-order valence-electron chi connectivity index (χ4n) is 1.69. The number of nitriles is 1. The van der Waals surface area contributed by atoms with Gasteiger partial charge in [0.05, 0.1) is 0 Å². The molecular weight excluding hydrogens is 320 g/mol. The van der Waals surface area contributed by atoms with Gasteiger partial charge in [0.2, 0.25) is 0 Å². The Bertz CT molecular complexity index is 740. The topological polar surface area (TPSA) is 65.8 Å². The fourth-order valence-corrected chi connectivity index (χ4v) is 2.19. The monoisotopic (exact) mass is 331 g/mol. The molecular formula is C16H11F2N3OS. The number of pyridine rings is 1. The summed E-state index contributed by atoms with van der Waals surface area (Å²) in [6.07, 6.45) is 4.55. The Kier molecular flexibility index (Phi) is 5.83. The van der Waals surface area contributed by atoms with Crippen LogP contribution in [0, 0.1) is 11.3 Å². The Balaban J connectivity index is 2.08. The number of amides is 1. The molecule has 1 aromatic heterocycles. The molecule has 116 valence electrons. The van der Waals surface area contributed by atoms with Crippen LogP contribution < -0.4 is 5.32 Å². The van der Waals surface area contributed by atoms with Gasteiger partial charge in [0.15, 0.2) is 0 Å². The molecule has 2 rings (SSSR count). The maximum Gasteiger partial charge on any atom is 0.288 e. The lowest BCUT2D eigenvalue weighted by Crippen LogP contribution is -2.13. The number of alkyl halides is 2. The lowest BCUT2D eigenvalue weighted by molar-refractivity contribution is -0.112. The molecule has 1 aromatic carbocycles. The van der Waals surface area contributed by atoms with Gasteiger partial charge in [0.1, 0.15) is 11.6 Å². The van der Waals surface area contributed by atoms with E-state index in [2.05, 4.69) is 10.3 Å². The molecule has 23 heavy (non-hydrogen) atoms. The number of hydrogen-bond donors (Lipinski definition) is 1. The van der Waals surface area contributed by atoms with E-state index in [4.69, 9.17) is 5.26 Å². The van der Waals surface area contributed by atoms with Crippen LogP contribution in [0.15, 0.2) is 59.3 Å². The zero-order chi connectivity index (χ0) is 16.7. The van der Waals surface area contributed by atoms with E-state index >= 15 is 0 Å². The number of anilines is 1. The number of carbonyl (C=O) groups is 1. The maximum absolute atomic E-state index is 12.2. The van der Waals surface area contributed by atoms with Crippen LogP contribution in [0.2, 0.25) is 0 Å². The van der Waals surface area contributed by atoms with E-state index in [-0.39, 0.29) is 5.57 Å². The maximum atomic E-state index is 12.2. The van der Waals surface area contributed by atoms with E-state index in [0.717, 1.165) is 0 Å². The average Bonchev–Trinajstić information content (AvgIpc) is 2.55. The summed E-state index contributed by atoms with van der Waals surface area (Å²) >= 11 is 0.423. The van der Waals surface area contributed by atoms with Crippen molar-refractivity contribution in [3.05, 3.63) is 59.9 Å². The molecule has 0 aliphatic heterocycles. The Morgan fingerprint density at radius 2 is 1.87 bits per heavy atom. The SMILES string of the molecule is N#C/C(=C\c1ccncc1)C(=O)Nc1ccc(SC(F)F)cc1. The molecule has 1 heterocycles. The molecule has 0 saturated carbocycles. The second-order valence-electron chi connectivity index (χ2n) is 4.31. The van der Waals surface area contributed by atoms with Crippen molar-refractivity contribution in [1.29, 1.82) is 5.26 Å². The van der Waals surface area contributed by atoms with Gasteiger partial charge in [-0.2, -0.15) is 14.0 Å². The van der Waals surface area contributed by atoms with Gasteiger partial charge in [-0.1, -0.05) is 11.8 Å². The van der Waals surface area contributed by atoms with Crippen LogP contribution >= 0.6 is 11.8 Å². The third-order valence-corrected chi connectivity index (χ3v) is 3.44. The summed E-state index contributed by atoms with van der Waals surface area (Å²) in [5, 5.41) is 11.6. The van der Waals surface area contributed by atoms with Gasteiger partial charge < -0.3 is 5.32 Å². The molecule has 1 amide bonds. The van der Waals surface area contributed by atoms with Crippen LogP contribution in [0.25, 0.3) is 6.08 Å². The number of hydrogen-bond acceptors (Lipinski definition) is 4. The highest BCUT2D eigenvalue weighted by Crippen LogP contribution is 2.26. The molecule has 0 bridgehead atoms. The van der Waals surface area contributed by atoms with Crippen molar-refractivity contribution in [3.63, 3.8) is 0 Å². The quantitative estimate of drug-likeness (QED) is 0.512. The molecule has 0 spiro atoms. The lowest BCUT2D eigenvalue weighted by Gasteiger charge is -2.06. The molecule has 0 unspecified atom stereocenters. The number of halogens is 2. The minimum absolute atomic E-state index is 0.0674. The van der Waals surface area contributed by atoms with Crippen LogP contribution in [-0.2, 0) is 4.79 Å². The van der Waals surface area contributed by atoms with E-state index < -0.39 is 11.7 Å². The first-order chi connectivity index (χ1) is 11.1. The number of nitrogens with one attached hydrogen (secondary N) is 1. The van der Waals surface area contributed by atoms with Crippen molar-refractivity contribution in [2.24, 2.45) is 0 Å². The summed E-state index contributed by atoms with van der Waals surface area (Å²) in [5.41, 5.74) is 1.03. The Morgan fingerprint density at radius 1 is 1.22 bits per heavy atom. The van der Waals surface area contributed by atoms with Gasteiger partial charge in [-0.05, 0) is 48.0 Å². The van der Waals surface area contributed by atoms with E-state index in [1.807, 2.05) is 6.07 Å². The molecule has 0 radical (unpaired) electrons. The Morgan fingerprint density at radius 3 is 2.43 bits per heavy atom. The van der Waals surface area contributed by atoms with Crippen molar-refractivity contribution in [1.82, 2.24) is 4.98 Å². The fraction of sp³-hybridized carbons (Fsp3) is 0.0625. The number of thioether (sulfide) groups is 1. The number of nitrogens with zero attached hydrogens (tertiary/aromatic N) is 2. The van der Waals surface area contributed by atoms with Gasteiger partial charge in [-0.15, -0.1) is 0 Å². The van der Waals surface area contributed by atoms with Gasteiger partial charge in [-0.3, -0.25) is 9.78 Å². The average molecular weight is 331 g/mol. The van der Waals surface area contributed by atoms with Crippen LogP contribution in [0.4, 0.5) is 14.5 Å². The zero-order valence-corrected chi connectivity index (χ0v) is 12.6. The normalized spacial score (nSPS) is 11.1. The van der Waals surface area contributed by atoms with Crippen molar-refractivity contribution < 1.29 is 13.6 Å². The number of carbonyl (C=O) groups excluding carboxylic acids is 1. The summed E-state index contributed by atoms with van der Waals surface area (Å²) in [6.45, 7) is 0. The van der Waals surface area contributed by atoms with E-state index in [1.54, 1.807) is 24.5 Å². The van der Waals surface area contributed by atoms with Crippen molar-refractivity contribution >= 4 is 29.4 Å². The molecule has 0 saturated heterocycles. The van der Waals surface area contributed by atoms with E-state index in [9.17, 15) is 13.6 Å². The van der Waals surface area contributed by atoms with Crippen molar-refractivity contribution in [3.8, 4) is 6.07 Å². The first kappa shape index (κ1) is 16.6. The predicted molar refractivity (Wildman–Crippen MR) is 84.8 cm³/mol. The minimum Gasteiger partial charge on any atom is -0.321 e. The van der Waals surface area contributed by atoms with Gasteiger partial charge in [0, 0.05) is 23.0 Å². The molecule has 2 aromatic rings. The smallest absolute Gasteiger partial charge is 0.288 e.